The SMILES string of the molecule is CC(NC(=O)Cn1nc(-c2ccc(Cl)cc2)n(CC(O)C(F)(F)F)c1=O)(C(N)=O)c1cccc(C(F)F)c1F. The van der Waals surface area contributed by atoms with Gasteiger partial charge in [0.05, 0.1) is 12.1 Å². The highest BCUT2D eigenvalue weighted by atomic mass is 35.5. The summed E-state index contributed by atoms with van der Waals surface area (Å²) in [6.45, 7) is -1.33. The number of alkyl halides is 5. The largest absolute Gasteiger partial charge is 0.416 e. The molecule has 0 bridgehead atoms. The number of rotatable bonds is 9. The van der Waals surface area contributed by atoms with Crippen LogP contribution in [-0.2, 0) is 28.2 Å². The molecule has 0 aliphatic heterocycles. The smallest absolute Gasteiger partial charge is 0.382 e. The third kappa shape index (κ3) is 6.25. The van der Waals surface area contributed by atoms with Crippen molar-refractivity contribution in [1.82, 2.24) is 19.7 Å². The molecule has 2 amide bonds. The topological polar surface area (TPSA) is 132 Å². The zero-order chi connectivity index (χ0) is 29.3. The van der Waals surface area contributed by atoms with Crippen LogP contribution in [-0.4, -0.2) is 43.5 Å². The van der Waals surface area contributed by atoms with Gasteiger partial charge in [0.1, 0.15) is 17.9 Å². The van der Waals surface area contributed by atoms with Gasteiger partial charge in [-0.25, -0.2) is 22.6 Å². The summed E-state index contributed by atoms with van der Waals surface area (Å²) in [7, 11) is 0. The van der Waals surface area contributed by atoms with Crippen molar-refractivity contribution in [3.63, 3.8) is 0 Å². The van der Waals surface area contributed by atoms with Gasteiger partial charge in [-0.2, -0.15) is 13.2 Å². The van der Waals surface area contributed by atoms with Crippen molar-refractivity contribution in [2.45, 2.75) is 44.3 Å². The molecule has 1 aromatic heterocycles. The molecular formula is C23H20ClF6N5O4. The van der Waals surface area contributed by atoms with Crippen molar-refractivity contribution >= 4 is 23.4 Å². The van der Waals surface area contributed by atoms with Crippen LogP contribution in [0.2, 0.25) is 5.02 Å². The first-order chi connectivity index (χ1) is 18.1. The molecule has 0 saturated heterocycles. The molecule has 0 saturated carbocycles. The number of amides is 2. The Hall–Kier alpha value is -3.85. The lowest BCUT2D eigenvalue weighted by Gasteiger charge is -2.29. The van der Waals surface area contributed by atoms with E-state index in [0.717, 1.165) is 25.1 Å². The molecule has 0 aliphatic carbocycles. The van der Waals surface area contributed by atoms with E-state index in [0.29, 0.717) is 9.25 Å². The Morgan fingerprint density at radius 3 is 2.31 bits per heavy atom. The number of hydrogen-bond donors (Lipinski definition) is 3. The second-order valence-corrected chi connectivity index (χ2v) is 8.92. The van der Waals surface area contributed by atoms with Gasteiger partial charge in [-0.05, 0) is 31.2 Å². The number of halogens is 7. The van der Waals surface area contributed by atoms with E-state index < -0.39 is 71.8 Å². The van der Waals surface area contributed by atoms with E-state index >= 15 is 0 Å². The minimum absolute atomic E-state index is 0.109. The van der Waals surface area contributed by atoms with Crippen molar-refractivity contribution in [2.75, 3.05) is 0 Å². The first kappa shape index (κ1) is 29.7. The maximum absolute atomic E-state index is 14.8. The Labute approximate surface area is 220 Å². The van der Waals surface area contributed by atoms with Gasteiger partial charge in [-0.1, -0.05) is 29.8 Å². The summed E-state index contributed by atoms with van der Waals surface area (Å²) in [4.78, 5) is 38.0. The molecule has 0 spiro atoms. The van der Waals surface area contributed by atoms with Crippen molar-refractivity contribution in [3.05, 3.63) is 74.9 Å². The van der Waals surface area contributed by atoms with Crippen LogP contribution in [0, 0.1) is 5.82 Å². The number of carbonyl (C=O) groups is 2. The molecule has 16 heteroatoms. The van der Waals surface area contributed by atoms with Gasteiger partial charge < -0.3 is 16.2 Å². The second kappa shape index (κ2) is 11.1. The number of nitrogens with two attached hydrogens (primary N) is 1. The van der Waals surface area contributed by atoms with E-state index in [1.807, 2.05) is 0 Å². The van der Waals surface area contributed by atoms with E-state index in [4.69, 9.17) is 17.3 Å². The number of aliphatic hydroxyl groups excluding tert-OH is 1. The predicted octanol–water partition coefficient (Wildman–Crippen LogP) is 2.88. The fourth-order valence-corrected chi connectivity index (χ4v) is 3.74. The van der Waals surface area contributed by atoms with Crippen molar-refractivity contribution in [3.8, 4) is 11.4 Å². The number of aromatic nitrogens is 3. The first-order valence-corrected chi connectivity index (χ1v) is 11.3. The zero-order valence-electron chi connectivity index (χ0n) is 19.8. The van der Waals surface area contributed by atoms with Gasteiger partial charge in [-0.15, -0.1) is 5.10 Å². The third-order valence-corrected chi connectivity index (χ3v) is 5.99. The lowest BCUT2D eigenvalue weighted by atomic mass is 9.89. The average Bonchev–Trinajstić information content (AvgIpc) is 3.13. The summed E-state index contributed by atoms with van der Waals surface area (Å²) in [6, 6.07) is 8.11. The van der Waals surface area contributed by atoms with Crippen LogP contribution in [0.5, 0.6) is 0 Å². The summed E-state index contributed by atoms with van der Waals surface area (Å²) < 4.78 is 81.1. The first-order valence-electron chi connectivity index (χ1n) is 10.9. The van der Waals surface area contributed by atoms with Gasteiger partial charge in [0.25, 0.3) is 6.43 Å². The normalized spacial score (nSPS) is 14.2. The number of nitrogens with zero attached hydrogens (tertiary/aromatic N) is 3. The van der Waals surface area contributed by atoms with Crippen molar-refractivity contribution in [1.29, 1.82) is 0 Å². The maximum atomic E-state index is 14.8. The summed E-state index contributed by atoms with van der Waals surface area (Å²) in [5.41, 5.74) is 0.0915. The van der Waals surface area contributed by atoms with Crippen LogP contribution < -0.4 is 16.7 Å². The quantitative estimate of drug-likeness (QED) is 0.336. The third-order valence-electron chi connectivity index (χ3n) is 5.74. The molecule has 2 unspecified atom stereocenters. The van der Waals surface area contributed by atoms with Gasteiger partial charge in [0, 0.05) is 16.1 Å². The Bertz CT molecular complexity index is 1440. The summed E-state index contributed by atoms with van der Waals surface area (Å²) in [5.74, 6) is -4.39. The van der Waals surface area contributed by atoms with Crippen LogP contribution in [0.3, 0.4) is 0 Å². The number of benzene rings is 2. The number of primary amides is 1. The van der Waals surface area contributed by atoms with Crippen LogP contribution in [0.4, 0.5) is 26.3 Å². The molecule has 2 aromatic carbocycles. The Morgan fingerprint density at radius 1 is 1.15 bits per heavy atom. The fourth-order valence-electron chi connectivity index (χ4n) is 3.62. The van der Waals surface area contributed by atoms with E-state index in [2.05, 4.69) is 10.4 Å². The molecule has 210 valence electrons. The number of nitrogens with one attached hydrogen (secondary N) is 1. The second-order valence-electron chi connectivity index (χ2n) is 8.49. The Kier molecular flexibility index (Phi) is 8.45. The number of aliphatic hydroxyl groups is 1. The predicted molar refractivity (Wildman–Crippen MR) is 125 cm³/mol. The number of hydrogen-bond acceptors (Lipinski definition) is 5. The molecule has 2 atom stereocenters. The van der Waals surface area contributed by atoms with Gasteiger partial charge in [-0.3, -0.25) is 14.2 Å². The Morgan fingerprint density at radius 2 is 1.77 bits per heavy atom. The van der Waals surface area contributed by atoms with Crippen molar-refractivity contribution in [2.24, 2.45) is 5.73 Å². The monoisotopic (exact) mass is 579 g/mol. The molecule has 3 aromatic rings. The molecule has 0 aliphatic rings. The van der Waals surface area contributed by atoms with Crippen LogP contribution in [0.1, 0.15) is 24.5 Å². The van der Waals surface area contributed by atoms with Crippen molar-refractivity contribution < 1.29 is 41.0 Å². The molecule has 0 radical (unpaired) electrons. The van der Waals surface area contributed by atoms with Gasteiger partial charge in [0.15, 0.2) is 11.9 Å². The van der Waals surface area contributed by atoms with Gasteiger partial charge in [0.2, 0.25) is 11.8 Å². The van der Waals surface area contributed by atoms with E-state index in [1.165, 1.54) is 24.3 Å². The molecule has 9 nitrogen and oxygen atoms in total. The molecule has 4 N–H and O–H groups in total. The number of carbonyl (C=O) groups excluding carboxylic acids is 2. The summed E-state index contributed by atoms with van der Waals surface area (Å²) in [6.07, 6.45) is -11.3. The lowest BCUT2D eigenvalue weighted by molar-refractivity contribution is -0.207. The molecule has 1 heterocycles. The van der Waals surface area contributed by atoms with E-state index in [9.17, 15) is 45.8 Å². The molecular weight excluding hydrogens is 560 g/mol. The minimum atomic E-state index is -5.09. The molecule has 0 fully saturated rings. The van der Waals surface area contributed by atoms with Crippen LogP contribution >= 0.6 is 11.6 Å². The van der Waals surface area contributed by atoms with Crippen LogP contribution in [0.25, 0.3) is 11.4 Å². The van der Waals surface area contributed by atoms with E-state index in [-0.39, 0.29) is 16.4 Å². The highest BCUT2D eigenvalue weighted by molar-refractivity contribution is 6.30. The standard InChI is InChI=1S/C23H20ClF6N5O4/c1-22(20(31)38,14-4-2-3-13(17(14)25)18(26)27)32-16(37)10-35-21(39)34(9-15(36)23(28,29)30)19(33-35)11-5-7-12(24)8-6-11/h2-8,15,18,36H,9-10H2,1H3,(H2,31,38)(H,32,37). The Balaban J connectivity index is 2.00. The highest BCUT2D eigenvalue weighted by Crippen LogP contribution is 2.30. The maximum Gasteiger partial charge on any atom is 0.416 e. The minimum Gasteiger partial charge on any atom is -0.382 e. The molecule has 39 heavy (non-hydrogen) atoms. The zero-order valence-corrected chi connectivity index (χ0v) is 20.6. The van der Waals surface area contributed by atoms with E-state index in [1.54, 1.807) is 0 Å². The van der Waals surface area contributed by atoms with Crippen LogP contribution in [0.15, 0.2) is 47.3 Å². The van der Waals surface area contributed by atoms with Gasteiger partial charge >= 0.3 is 11.9 Å². The summed E-state index contributed by atoms with van der Waals surface area (Å²) >= 11 is 5.82. The lowest BCUT2D eigenvalue weighted by Crippen LogP contribution is -2.54. The summed E-state index contributed by atoms with van der Waals surface area (Å²) in [5, 5.41) is 15.8. The highest BCUT2D eigenvalue weighted by Gasteiger charge is 2.40. The fraction of sp³-hybridized carbons (Fsp3) is 0.304. The average molecular weight is 580 g/mol. The molecule has 3 rings (SSSR count).